The first-order chi connectivity index (χ1) is 16.9. The van der Waals surface area contributed by atoms with Gasteiger partial charge in [0, 0.05) is 38.4 Å². The maximum atomic E-state index is 13.3. The van der Waals surface area contributed by atoms with Crippen LogP contribution >= 0.6 is 11.3 Å². The Morgan fingerprint density at radius 2 is 1.73 bits per heavy atom. The maximum Gasteiger partial charge on any atom is 0.421 e. The Morgan fingerprint density at radius 1 is 1.11 bits per heavy atom. The fourth-order valence-electron chi connectivity index (χ4n) is 4.21. The van der Waals surface area contributed by atoms with Crippen molar-refractivity contribution in [3.05, 3.63) is 47.3 Å². The van der Waals surface area contributed by atoms with Crippen LogP contribution in [0.3, 0.4) is 0 Å². The number of nitrogens with zero attached hydrogens (tertiary/aromatic N) is 3. The number of halogens is 3. The minimum atomic E-state index is -4.87. The van der Waals surface area contributed by atoms with Crippen molar-refractivity contribution < 1.29 is 35.1 Å². The van der Waals surface area contributed by atoms with E-state index >= 15 is 0 Å². The van der Waals surface area contributed by atoms with E-state index in [2.05, 4.69) is 0 Å². The second-order valence-corrected chi connectivity index (χ2v) is 14.8. The summed E-state index contributed by atoms with van der Waals surface area (Å²) in [6.07, 6.45) is -3.78. The lowest BCUT2D eigenvalue weighted by molar-refractivity contribution is -0.258. The van der Waals surface area contributed by atoms with E-state index in [1.165, 1.54) is 38.9 Å². The molecule has 8 nitrogen and oxygen atoms in total. The van der Waals surface area contributed by atoms with Crippen molar-refractivity contribution in [2.24, 2.45) is 5.92 Å². The number of anilines is 1. The molecular formula is C23H32F3N3O5S3. The summed E-state index contributed by atoms with van der Waals surface area (Å²) in [5.41, 5.74) is -2.88. The van der Waals surface area contributed by atoms with E-state index in [1.807, 2.05) is 18.7 Å². The lowest BCUT2D eigenvalue weighted by Crippen LogP contribution is -2.59. The average molecular weight is 584 g/mol. The van der Waals surface area contributed by atoms with Crippen LogP contribution in [0.1, 0.15) is 26.3 Å². The molecule has 208 valence electrons. The van der Waals surface area contributed by atoms with Gasteiger partial charge in [0.2, 0.25) is 10.0 Å². The molecule has 0 amide bonds. The standard InChI is InChI=1S/C23H32F3N3O5S3/c1-17(2)14-28(36(4,31)32)16-20-15-27(37(33,34)21-6-5-13-35-21)11-12-29(20)19-9-7-18(8-10-19)22(3,30)23(24,25)26/h5-10,13,17,20,30H,11-12,14-16H2,1-4H3/t20-,22+/m1/s1. The molecular weight excluding hydrogens is 551 g/mol. The first-order valence-electron chi connectivity index (χ1n) is 11.6. The van der Waals surface area contributed by atoms with E-state index in [-0.39, 0.29) is 48.4 Å². The zero-order chi connectivity index (χ0) is 27.8. The van der Waals surface area contributed by atoms with Crippen molar-refractivity contribution >= 4 is 37.1 Å². The summed E-state index contributed by atoms with van der Waals surface area (Å²) < 4.78 is 94.1. The number of hydrogen-bond donors (Lipinski definition) is 1. The quantitative estimate of drug-likeness (QED) is 0.487. The summed E-state index contributed by atoms with van der Waals surface area (Å²) in [5, 5.41) is 11.7. The highest BCUT2D eigenvalue weighted by Gasteiger charge is 2.51. The lowest BCUT2D eigenvalue weighted by atomic mass is 9.95. The summed E-state index contributed by atoms with van der Waals surface area (Å²) in [4.78, 5) is 1.81. The zero-order valence-electron chi connectivity index (χ0n) is 21.0. The van der Waals surface area contributed by atoms with E-state index < -0.39 is 37.9 Å². The number of piperazine rings is 1. The number of thiophene rings is 1. The predicted molar refractivity (Wildman–Crippen MR) is 138 cm³/mol. The summed E-state index contributed by atoms with van der Waals surface area (Å²) in [5.74, 6) is 0.0154. The van der Waals surface area contributed by atoms with E-state index in [0.29, 0.717) is 12.6 Å². The van der Waals surface area contributed by atoms with Crippen LogP contribution in [-0.4, -0.2) is 81.8 Å². The van der Waals surface area contributed by atoms with Crippen LogP contribution < -0.4 is 4.90 Å². The molecule has 1 aromatic heterocycles. The average Bonchev–Trinajstić information content (AvgIpc) is 3.33. The third kappa shape index (κ3) is 6.66. The molecule has 37 heavy (non-hydrogen) atoms. The van der Waals surface area contributed by atoms with Crippen molar-refractivity contribution in [2.45, 2.75) is 42.8 Å². The van der Waals surface area contributed by atoms with Gasteiger partial charge >= 0.3 is 6.18 Å². The van der Waals surface area contributed by atoms with Gasteiger partial charge in [-0.25, -0.2) is 16.8 Å². The Balaban J connectivity index is 1.96. The van der Waals surface area contributed by atoms with Gasteiger partial charge in [-0.3, -0.25) is 0 Å². The molecule has 1 aromatic carbocycles. The van der Waals surface area contributed by atoms with Gasteiger partial charge in [-0.15, -0.1) is 11.3 Å². The van der Waals surface area contributed by atoms with E-state index in [4.69, 9.17) is 0 Å². The molecule has 14 heteroatoms. The number of rotatable bonds is 9. The van der Waals surface area contributed by atoms with Gasteiger partial charge < -0.3 is 10.0 Å². The Kier molecular flexibility index (Phi) is 8.72. The molecule has 0 bridgehead atoms. The summed E-state index contributed by atoms with van der Waals surface area (Å²) in [6.45, 7) is 4.95. The topological polar surface area (TPSA) is 98.2 Å². The first-order valence-corrected chi connectivity index (χ1v) is 15.8. The fourth-order valence-corrected chi connectivity index (χ4v) is 7.83. The van der Waals surface area contributed by atoms with Gasteiger partial charge in [0.15, 0.2) is 5.60 Å². The molecule has 0 saturated carbocycles. The van der Waals surface area contributed by atoms with E-state index in [0.717, 1.165) is 17.6 Å². The SMILES string of the molecule is CC(C)CN(C[C@H]1CN(S(=O)(=O)c2cccs2)CCN1c1ccc([C@](C)(O)C(F)(F)F)cc1)S(C)(=O)=O. The Hall–Kier alpha value is -1.71. The lowest BCUT2D eigenvalue weighted by Gasteiger charge is -2.43. The number of benzene rings is 1. The van der Waals surface area contributed by atoms with Crippen molar-refractivity contribution in [1.82, 2.24) is 8.61 Å². The van der Waals surface area contributed by atoms with Crippen molar-refractivity contribution in [1.29, 1.82) is 0 Å². The molecule has 1 fully saturated rings. The molecule has 1 aliphatic heterocycles. The molecule has 1 saturated heterocycles. The number of hydrogen-bond acceptors (Lipinski definition) is 7. The van der Waals surface area contributed by atoms with Gasteiger partial charge in [0.25, 0.3) is 10.0 Å². The highest BCUT2D eigenvalue weighted by molar-refractivity contribution is 7.91. The summed E-state index contributed by atoms with van der Waals surface area (Å²) >= 11 is 1.09. The second-order valence-electron chi connectivity index (χ2n) is 9.73. The molecule has 1 aliphatic rings. The van der Waals surface area contributed by atoms with Crippen LogP contribution in [-0.2, 0) is 25.6 Å². The van der Waals surface area contributed by atoms with Crippen LogP contribution in [0.5, 0.6) is 0 Å². The summed E-state index contributed by atoms with van der Waals surface area (Å²) in [6, 6.07) is 7.75. The van der Waals surface area contributed by atoms with Crippen molar-refractivity contribution in [3.63, 3.8) is 0 Å². The fraction of sp³-hybridized carbons (Fsp3) is 0.565. The first kappa shape index (κ1) is 29.8. The largest absolute Gasteiger partial charge is 0.421 e. The molecule has 2 heterocycles. The molecule has 1 N–H and O–H groups in total. The second kappa shape index (κ2) is 10.8. The smallest absolute Gasteiger partial charge is 0.376 e. The number of sulfonamides is 2. The maximum absolute atomic E-state index is 13.3. The van der Waals surface area contributed by atoms with Gasteiger partial charge in [-0.1, -0.05) is 32.0 Å². The monoisotopic (exact) mass is 583 g/mol. The number of aliphatic hydroxyl groups is 1. The van der Waals surface area contributed by atoms with Gasteiger partial charge in [-0.2, -0.15) is 21.8 Å². The van der Waals surface area contributed by atoms with Gasteiger partial charge in [0.1, 0.15) is 4.21 Å². The predicted octanol–water partition coefficient (Wildman–Crippen LogP) is 3.32. The Morgan fingerprint density at radius 3 is 2.22 bits per heavy atom. The van der Waals surface area contributed by atoms with E-state index in [9.17, 15) is 35.1 Å². The van der Waals surface area contributed by atoms with Crippen LogP contribution in [0, 0.1) is 5.92 Å². The summed E-state index contributed by atoms with van der Waals surface area (Å²) in [7, 11) is -7.42. The van der Waals surface area contributed by atoms with Crippen LogP contribution in [0.4, 0.5) is 18.9 Å². The van der Waals surface area contributed by atoms with Gasteiger partial charge in [0.05, 0.1) is 12.3 Å². The highest BCUT2D eigenvalue weighted by Crippen LogP contribution is 2.39. The molecule has 0 spiro atoms. The van der Waals surface area contributed by atoms with E-state index in [1.54, 1.807) is 11.4 Å². The third-order valence-electron chi connectivity index (χ3n) is 6.30. The van der Waals surface area contributed by atoms with Crippen molar-refractivity contribution in [3.8, 4) is 0 Å². The molecule has 2 atom stereocenters. The third-order valence-corrected chi connectivity index (χ3v) is 10.8. The number of alkyl halides is 3. The minimum Gasteiger partial charge on any atom is -0.376 e. The Bertz CT molecular complexity index is 1260. The molecule has 0 unspecified atom stereocenters. The molecule has 2 aromatic rings. The minimum absolute atomic E-state index is 0.00447. The molecule has 0 radical (unpaired) electrons. The molecule has 0 aliphatic carbocycles. The highest BCUT2D eigenvalue weighted by atomic mass is 32.2. The zero-order valence-corrected chi connectivity index (χ0v) is 23.5. The Labute approximate surface area is 220 Å². The van der Waals surface area contributed by atoms with Gasteiger partial charge in [-0.05, 0) is 42.0 Å². The van der Waals surface area contributed by atoms with Crippen LogP contribution in [0.25, 0.3) is 0 Å². The van der Waals surface area contributed by atoms with Crippen LogP contribution in [0.15, 0.2) is 46.0 Å². The normalized spacial score (nSPS) is 19.9. The van der Waals surface area contributed by atoms with Crippen LogP contribution in [0.2, 0.25) is 0 Å². The molecule has 3 rings (SSSR count). The van der Waals surface area contributed by atoms with Crippen molar-refractivity contribution in [2.75, 3.05) is 43.9 Å².